The molecule has 0 radical (unpaired) electrons. The Morgan fingerprint density at radius 3 is 2.20 bits per heavy atom. The summed E-state index contributed by atoms with van der Waals surface area (Å²) in [7, 11) is 0. The molecule has 0 spiro atoms. The van der Waals surface area contributed by atoms with E-state index in [1.165, 1.54) is 16.7 Å². The standard InChI is InChI=1S/C17H20N2O/c1-12-4-3-5-13(2)16(12)11-20-15-8-6-14(7-9-15)10-17(18)19/h3-9H,10-11H2,1-2H3,(H3,18,19). The maximum absolute atomic E-state index is 7.27. The molecular weight excluding hydrogens is 248 g/mol. The Labute approximate surface area is 119 Å². The normalized spacial score (nSPS) is 10.3. The average Bonchev–Trinajstić information content (AvgIpc) is 2.39. The van der Waals surface area contributed by atoms with Gasteiger partial charge in [0, 0.05) is 6.42 Å². The Kier molecular flexibility index (Phi) is 4.41. The first-order valence-corrected chi connectivity index (χ1v) is 6.66. The lowest BCUT2D eigenvalue weighted by Crippen LogP contribution is -2.12. The summed E-state index contributed by atoms with van der Waals surface area (Å²) in [6.07, 6.45) is 0.483. The third-order valence-corrected chi connectivity index (χ3v) is 3.35. The third kappa shape index (κ3) is 3.60. The largest absolute Gasteiger partial charge is 0.489 e. The summed E-state index contributed by atoms with van der Waals surface area (Å²) in [5.41, 5.74) is 10.1. The maximum atomic E-state index is 7.27. The highest BCUT2D eigenvalue weighted by Gasteiger charge is 2.03. The molecule has 0 aromatic heterocycles. The van der Waals surface area contributed by atoms with Crippen LogP contribution in [0.5, 0.6) is 5.75 Å². The summed E-state index contributed by atoms with van der Waals surface area (Å²) < 4.78 is 5.83. The number of nitrogens with two attached hydrogens (primary N) is 1. The molecule has 3 N–H and O–H groups in total. The molecule has 0 aliphatic rings. The Bertz CT molecular complexity index is 583. The SMILES string of the molecule is Cc1cccc(C)c1COc1ccc(CC(=N)N)cc1. The van der Waals surface area contributed by atoms with Crippen LogP contribution in [0.2, 0.25) is 0 Å². The lowest BCUT2D eigenvalue weighted by Gasteiger charge is -2.11. The van der Waals surface area contributed by atoms with Crippen molar-refractivity contribution in [3.05, 3.63) is 64.7 Å². The molecule has 0 amide bonds. The molecule has 0 heterocycles. The van der Waals surface area contributed by atoms with Gasteiger partial charge in [0.15, 0.2) is 0 Å². The number of benzene rings is 2. The van der Waals surface area contributed by atoms with Gasteiger partial charge in [0.05, 0.1) is 5.84 Å². The second kappa shape index (κ2) is 6.24. The van der Waals surface area contributed by atoms with Crippen molar-refractivity contribution in [3.8, 4) is 5.75 Å². The van der Waals surface area contributed by atoms with Crippen molar-refractivity contribution >= 4 is 5.84 Å². The van der Waals surface area contributed by atoms with Gasteiger partial charge in [0.2, 0.25) is 0 Å². The van der Waals surface area contributed by atoms with Crippen LogP contribution in [0.15, 0.2) is 42.5 Å². The van der Waals surface area contributed by atoms with Gasteiger partial charge in [-0.15, -0.1) is 0 Å². The van der Waals surface area contributed by atoms with E-state index in [-0.39, 0.29) is 5.84 Å². The van der Waals surface area contributed by atoms with Crippen molar-refractivity contribution < 1.29 is 4.74 Å². The predicted octanol–water partition coefficient (Wildman–Crippen LogP) is 3.36. The van der Waals surface area contributed by atoms with Gasteiger partial charge < -0.3 is 10.5 Å². The van der Waals surface area contributed by atoms with Crippen molar-refractivity contribution in [1.82, 2.24) is 0 Å². The van der Waals surface area contributed by atoms with Gasteiger partial charge in [-0.25, -0.2) is 0 Å². The van der Waals surface area contributed by atoms with Crippen LogP contribution in [-0.2, 0) is 13.0 Å². The molecule has 2 rings (SSSR count). The van der Waals surface area contributed by atoms with E-state index in [0.29, 0.717) is 13.0 Å². The molecule has 2 aromatic rings. The second-order valence-corrected chi connectivity index (χ2v) is 5.01. The van der Waals surface area contributed by atoms with E-state index >= 15 is 0 Å². The minimum Gasteiger partial charge on any atom is -0.489 e. The first kappa shape index (κ1) is 14.1. The Morgan fingerprint density at radius 1 is 1.05 bits per heavy atom. The molecular formula is C17H20N2O. The second-order valence-electron chi connectivity index (χ2n) is 5.01. The third-order valence-electron chi connectivity index (χ3n) is 3.35. The van der Waals surface area contributed by atoms with E-state index in [1.54, 1.807) is 0 Å². The van der Waals surface area contributed by atoms with Crippen LogP contribution in [0.3, 0.4) is 0 Å². The number of rotatable bonds is 5. The lowest BCUT2D eigenvalue weighted by atomic mass is 10.0. The Hall–Kier alpha value is -2.29. The monoisotopic (exact) mass is 268 g/mol. The molecule has 0 aliphatic heterocycles. The van der Waals surface area contributed by atoms with Crippen LogP contribution in [0.4, 0.5) is 0 Å². The van der Waals surface area contributed by atoms with Crippen molar-refractivity contribution in [2.75, 3.05) is 0 Å². The van der Waals surface area contributed by atoms with Gasteiger partial charge in [0.25, 0.3) is 0 Å². The van der Waals surface area contributed by atoms with Crippen LogP contribution in [-0.4, -0.2) is 5.84 Å². The van der Waals surface area contributed by atoms with Crippen LogP contribution in [0, 0.1) is 19.3 Å². The number of amidine groups is 1. The minimum absolute atomic E-state index is 0.175. The van der Waals surface area contributed by atoms with Crippen LogP contribution < -0.4 is 10.5 Å². The molecule has 3 nitrogen and oxygen atoms in total. The molecule has 0 aliphatic carbocycles. The molecule has 20 heavy (non-hydrogen) atoms. The minimum atomic E-state index is 0.175. The van der Waals surface area contributed by atoms with Crippen molar-refractivity contribution in [3.63, 3.8) is 0 Å². The molecule has 3 heteroatoms. The number of nitrogens with one attached hydrogen (secondary N) is 1. The molecule has 0 saturated carbocycles. The number of hydrogen-bond donors (Lipinski definition) is 2. The summed E-state index contributed by atoms with van der Waals surface area (Å²) in [4.78, 5) is 0. The van der Waals surface area contributed by atoms with Gasteiger partial charge in [-0.2, -0.15) is 0 Å². The topological polar surface area (TPSA) is 59.1 Å². The van der Waals surface area contributed by atoms with Gasteiger partial charge >= 0.3 is 0 Å². The summed E-state index contributed by atoms with van der Waals surface area (Å²) in [6.45, 7) is 4.77. The molecule has 0 bridgehead atoms. The smallest absolute Gasteiger partial charge is 0.119 e. The Morgan fingerprint density at radius 2 is 1.65 bits per heavy atom. The summed E-state index contributed by atoms with van der Waals surface area (Å²) >= 11 is 0. The average molecular weight is 268 g/mol. The maximum Gasteiger partial charge on any atom is 0.119 e. The van der Waals surface area contributed by atoms with Crippen molar-refractivity contribution in [1.29, 1.82) is 5.41 Å². The molecule has 104 valence electrons. The molecule has 0 unspecified atom stereocenters. The highest BCUT2D eigenvalue weighted by Crippen LogP contribution is 2.18. The summed E-state index contributed by atoms with van der Waals surface area (Å²) in [6, 6.07) is 14.0. The van der Waals surface area contributed by atoms with Crippen LogP contribution >= 0.6 is 0 Å². The van der Waals surface area contributed by atoms with Crippen LogP contribution in [0.25, 0.3) is 0 Å². The van der Waals surface area contributed by atoms with E-state index in [4.69, 9.17) is 15.9 Å². The molecule has 0 fully saturated rings. The van der Waals surface area contributed by atoms with Crippen molar-refractivity contribution in [2.45, 2.75) is 26.9 Å². The zero-order valence-electron chi connectivity index (χ0n) is 11.9. The summed E-state index contributed by atoms with van der Waals surface area (Å²) in [5.74, 6) is 1.01. The highest BCUT2D eigenvalue weighted by molar-refractivity contribution is 5.79. The van der Waals surface area contributed by atoms with Gasteiger partial charge in [-0.1, -0.05) is 30.3 Å². The van der Waals surface area contributed by atoms with E-state index in [2.05, 4.69) is 32.0 Å². The summed E-state index contributed by atoms with van der Waals surface area (Å²) in [5, 5.41) is 7.27. The van der Waals surface area contributed by atoms with Gasteiger partial charge in [-0.3, -0.25) is 5.41 Å². The zero-order chi connectivity index (χ0) is 14.5. The Balaban J connectivity index is 2.02. The molecule has 0 saturated heterocycles. The fourth-order valence-electron chi connectivity index (χ4n) is 2.16. The van der Waals surface area contributed by atoms with E-state index in [1.807, 2.05) is 24.3 Å². The number of aryl methyl sites for hydroxylation is 2. The molecule has 2 aromatic carbocycles. The van der Waals surface area contributed by atoms with E-state index < -0.39 is 0 Å². The highest BCUT2D eigenvalue weighted by atomic mass is 16.5. The fourth-order valence-corrected chi connectivity index (χ4v) is 2.16. The van der Waals surface area contributed by atoms with Crippen LogP contribution in [0.1, 0.15) is 22.3 Å². The van der Waals surface area contributed by atoms with Crippen molar-refractivity contribution in [2.24, 2.45) is 5.73 Å². The first-order valence-electron chi connectivity index (χ1n) is 6.66. The van der Waals surface area contributed by atoms with E-state index in [0.717, 1.165) is 11.3 Å². The van der Waals surface area contributed by atoms with Gasteiger partial charge in [0.1, 0.15) is 12.4 Å². The van der Waals surface area contributed by atoms with Gasteiger partial charge in [-0.05, 0) is 48.2 Å². The fraction of sp³-hybridized carbons (Fsp3) is 0.235. The lowest BCUT2D eigenvalue weighted by molar-refractivity contribution is 0.304. The molecule has 0 atom stereocenters. The quantitative estimate of drug-likeness (QED) is 0.645. The predicted molar refractivity (Wildman–Crippen MR) is 82.3 cm³/mol. The zero-order valence-corrected chi connectivity index (χ0v) is 11.9. The number of hydrogen-bond acceptors (Lipinski definition) is 2. The first-order chi connectivity index (χ1) is 9.56. The van der Waals surface area contributed by atoms with E-state index in [9.17, 15) is 0 Å². The number of ether oxygens (including phenoxy) is 1.